The molecule has 0 unspecified atom stereocenters. The molecule has 5 aromatic rings. The lowest BCUT2D eigenvalue weighted by Crippen LogP contribution is -2.51. The summed E-state index contributed by atoms with van der Waals surface area (Å²) in [6, 6.07) is 13.8. The third kappa shape index (κ3) is 4.55. The Hall–Kier alpha value is -5.05. The van der Waals surface area contributed by atoms with Crippen molar-refractivity contribution in [3.8, 4) is 41.2 Å². The van der Waals surface area contributed by atoms with Crippen LogP contribution in [0.5, 0.6) is 17.6 Å². The summed E-state index contributed by atoms with van der Waals surface area (Å²) in [7, 11) is 0. The van der Waals surface area contributed by atoms with Crippen LogP contribution in [0.4, 0.5) is 10.2 Å². The van der Waals surface area contributed by atoms with Crippen molar-refractivity contribution < 1.29 is 19.0 Å². The molecule has 3 aromatic heterocycles. The number of ether oxygens (including phenoxy) is 2. The van der Waals surface area contributed by atoms with Gasteiger partial charge < -0.3 is 24.8 Å². The molecule has 5 aliphatic rings. The van der Waals surface area contributed by atoms with Gasteiger partial charge in [0.2, 0.25) is 5.88 Å². The molecule has 0 radical (unpaired) electrons. The standard InChI is InChI=1S/C39H36FN7O3/c1-2-22-6-3-7-23-14-27(48)15-29(31(22)23)33-32(40)34-30(17-42-33)36(46-18-25-9-10-26(19-46)43-25)45-38(44-34)50-21-39-11-5-13-47(39)35-24(16-39)20-49-37-28(35)8-4-12-41-37/h1,3-4,6-8,12,14-15,17,24-26,35,43,48H,5,9-11,13,16,18-21H2/t24-,25-,26+,35-,39-/m1/s1. The number of terminal acetylenes is 1. The fraction of sp³-hybridized carbons (Fsp3) is 0.385. The van der Waals surface area contributed by atoms with E-state index in [2.05, 4.69) is 37.1 Å². The number of rotatable bonds is 5. The quantitative estimate of drug-likeness (QED) is 0.237. The molecule has 2 N–H and O–H groups in total. The Kier molecular flexibility index (Phi) is 6.70. The zero-order valence-corrected chi connectivity index (χ0v) is 27.5. The van der Waals surface area contributed by atoms with E-state index in [1.165, 1.54) is 6.07 Å². The Morgan fingerprint density at radius 2 is 2.00 bits per heavy atom. The molecule has 8 heterocycles. The Morgan fingerprint density at radius 1 is 1.12 bits per heavy atom. The summed E-state index contributed by atoms with van der Waals surface area (Å²) in [5, 5.41) is 16.2. The topological polar surface area (TPSA) is 109 Å². The number of piperazine rings is 1. The highest BCUT2D eigenvalue weighted by atomic mass is 19.1. The van der Waals surface area contributed by atoms with Crippen molar-refractivity contribution in [2.75, 3.05) is 37.7 Å². The average Bonchev–Trinajstić information content (AvgIpc) is 3.80. The van der Waals surface area contributed by atoms with E-state index in [0.29, 0.717) is 64.3 Å². The van der Waals surface area contributed by atoms with Crippen molar-refractivity contribution in [3.63, 3.8) is 0 Å². The second-order valence-corrected chi connectivity index (χ2v) is 14.5. The fourth-order valence-corrected chi connectivity index (χ4v) is 9.59. The summed E-state index contributed by atoms with van der Waals surface area (Å²) < 4.78 is 29.7. The predicted octanol–water partition coefficient (Wildman–Crippen LogP) is 5.37. The van der Waals surface area contributed by atoms with Gasteiger partial charge in [0.15, 0.2) is 5.82 Å². The summed E-state index contributed by atoms with van der Waals surface area (Å²) in [6.45, 7) is 3.48. The van der Waals surface area contributed by atoms with Gasteiger partial charge in [0.1, 0.15) is 29.4 Å². The molecular weight excluding hydrogens is 633 g/mol. The smallest absolute Gasteiger partial charge is 0.319 e. The number of aromatic hydroxyl groups is 1. The zero-order valence-electron chi connectivity index (χ0n) is 27.5. The summed E-state index contributed by atoms with van der Waals surface area (Å²) in [4.78, 5) is 23.7. The van der Waals surface area contributed by atoms with Gasteiger partial charge in [-0.2, -0.15) is 9.97 Å². The number of hydrogen-bond donors (Lipinski definition) is 2. The minimum absolute atomic E-state index is 0.00651. The highest BCUT2D eigenvalue weighted by molar-refractivity contribution is 6.02. The van der Waals surface area contributed by atoms with Crippen LogP contribution in [-0.2, 0) is 0 Å². The predicted molar refractivity (Wildman–Crippen MR) is 187 cm³/mol. The number of pyridine rings is 2. The number of nitrogens with zero attached hydrogens (tertiary/aromatic N) is 6. The number of anilines is 1. The maximum absolute atomic E-state index is 17.0. The second-order valence-electron chi connectivity index (χ2n) is 14.5. The first kappa shape index (κ1) is 29.8. The molecule has 0 aliphatic carbocycles. The molecule has 0 amide bonds. The molecule has 4 fully saturated rings. The number of nitrogens with one attached hydrogen (secondary N) is 1. The summed E-state index contributed by atoms with van der Waals surface area (Å²) >= 11 is 0. The van der Waals surface area contributed by atoms with Gasteiger partial charge in [-0.25, -0.2) is 9.37 Å². The van der Waals surface area contributed by atoms with Gasteiger partial charge in [-0.1, -0.05) is 24.1 Å². The molecule has 50 heavy (non-hydrogen) atoms. The van der Waals surface area contributed by atoms with E-state index in [1.807, 2.05) is 18.2 Å². The van der Waals surface area contributed by atoms with Crippen LogP contribution in [0.2, 0.25) is 0 Å². The van der Waals surface area contributed by atoms with E-state index in [0.717, 1.165) is 63.2 Å². The van der Waals surface area contributed by atoms with Crippen LogP contribution in [0.25, 0.3) is 32.9 Å². The van der Waals surface area contributed by atoms with Crippen LogP contribution in [0.15, 0.2) is 54.9 Å². The zero-order chi connectivity index (χ0) is 33.6. The van der Waals surface area contributed by atoms with Gasteiger partial charge in [0.05, 0.1) is 17.5 Å². The molecule has 11 heteroatoms. The maximum atomic E-state index is 17.0. The summed E-state index contributed by atoms with van der Waals surface area (Å²) in [6.07, 6.45) is 14.5. The summed E-state index contributed by atoms with van der Waals surface area (Å²) in [5.41, 5.74) is 2.11. The van der Waals surface area contributed by atoms with Gasteiger partial charge in [-0.3, -0.25) is 9.88 Å². The van der Waals surface area contributed by atoms with E-state index in [4.69, 9.17) is 25.9 Å². The summed E-state index contributed by atoms with van der Waals surface area (Å²) in [5.74, 6) is 3.77. The number of aromatic nitrogens is 4. The van der Waals surface area contributed by atoms with E-state index in [-0.39, 0.29) is 34.6 Å². The number of fused-ring (bicyclic) bond motifs is 9. The monoisotopic (exact) mass is 669 g/mol. The van der Waals surface area contributed by atoms with Gasteiger partial charge in [-0.15, -0.1) is 6.42 Å². The third-order valence-corrected chi connectivity index (χ3v) is 11.6. The van der Waals surface area contributed by atoms with Gasteiger partial charge in [0.25, 0.3) is 0 Å². The van der Waals surface area contributed by atoms with E-state index >= 15 is 4.39 Å². The van der Waals surface area contributed by atoms with Crippen LogP contribution in [-0.4, -0.2) is 80.4 Å². The minimum Gasteiger partial charge on any atom is -0.508 e. The van der Waals surface area contributed by atoms with Crippen LogP contribution in [0, 0.1) is 24.1 Å². The van der Waals surface area contributed by atoms with Crippen LogP contribution in [0.1, 0.15) is 49.3 Å². The molecule has 252 valence electrons. The van der Waals surface area contributed by atoms with Crippen LogP contribution in [0.3, 0.4) is 0 Å². The lowest BCUT2D eigenvalue weighted by Gasteiger charge is -2.36. The van der Waals surface area contributed by atoms with Crippen molar-refractivity contribution in [2.45, 2.75) is 55.8 Å². The van der Waals surface area contributed by atoms with Gasteiger partial charge in [0, 0.05) is 71.6 Å². The first-order valence-corrected chi connectivity index (χ1v) is 17.6. The lowest BCUT2D eigenvalue weighted by molar-refractivity contribution is 0.0772. The second kappa shape index (κ2) is 11.2. The Balaban J connectivity index is 1.07. The fourth-order valence-electron chi connectivity index (χ4n) is 9.59. The molecule has 4 saturated heterocycles. The average molecular weight is 670 g/mol. The normalized spacial score (nSPS) is 26.8. The molecule has 5 atom stereocenters. The number of hydrogen-bond acceptors (Lipinski definition) is 10. The molecular formula is C39H36FN7O3. The number of phenolic OH excluding ortho intramolecular Hbond substituents is 1. The third-order valence-electron chi connectivity index (χ3n) is 11.6. The maximum Gasteiger partial charge on any atom is 0.319 e. The molecule has 5 aliphatic heterocycles. The first-order chi connectivity index (χ1) is 24.5. The largest absolute Gasteiger partial charge is 0.508 e. The van der Waals surface area contributed by atoms with Crippen LogP contribution >= 0.6 is 0 Å². The Bertz CT molecular complexity index is 2230. The van der Waals surface area contributed by atoms with Crippen LogP contribution < -0.4 is 19.7 Å². The van der Waals surface area contributed by atoms with Crippen molar-refractivity contribution in [2.24, 2.45) is 5.92 Å². The highest BCUT2D eigenvalue weighted by Crippen LogP contribution is 2.55. The number of halogens is 1. The Morgan fingerprint density at radius 3 is 2.86 bits per heavy atom. The van der Waals surface area contributed by atoms with E-state index in [1.54, 1.807) is 24.5 Å². The molecule has 10 nitrogen and oxygen atoms in total. The van der Waals surface area contributed by atoms with Crippen molar-refractivity contribution in [1.82, 2.24) is 30.2 Å². The van der Waals surface area contributed by atoms with Gasteiger partial charge >= 0.3 is 6.01 Å². The first-order valence-electron chi connectivity index (χ1n) is 17.6. The minimum atomic E-state index is -0.610. The molecule has 0 spiro atoms. The highest BCUT2D eigenvalue weighted by Gasteiger charge is 2.57. The molecule has 10 rings (SSSR count). The van der Waals surface area contributed by atoms with Gasteiger partial charge in [-0.05, 0) is 68.3 Å². The Labute approximate surface area is 288 Å². The van der Waals surface area contributed by atoms with E-state index < -0.39 is 5.82 Å². The van der Waals surface area contributed by atoms with Crippen molar-refractivity contribution in [1.29, 1.82) is 0 Å². The van der Waals surface area contributed by atoms with Crippen molar-refractivity contribution in [3.05, 3.63) is 71.8 Å². The number of benzene rings is 2. The lowest BCUT2D eigenvalue weighted by atomic mass is 9.87. The molecule has 0 saturated carbocycles. The van der Waals surface area contributed by atoms with Crippen molar-refractivity contribution >= 4 is 27.5 Å². The molecule has 2 aromatic carbocycles. The van der Waals surface area contributed by atoms with E-state index in [9.17, 15) is 5.11 Å². The molecule has 2 bridgehead atoms. The number of phenols is 1. The SMILES string of the molecule is C#Cc1cccc2cc(O)cc(-c3ncc4c(N5C[C@H]6CC[C@@H](C5)N6)nc(OC[C@]56CCCN5[C@H]5c7cccnc7OC[C@H]5C6)nc4c3F)c12.